The first kappa shape index (κ1) is 19.1. The fourth-order valence-corrected chi connectivity index (χ4v) is 9.53. The standard InChI is InChI=1S/C23H33IO2/c1-15(25)18-6-4-5-7-19-22(18,3)12-10-20-21(2)11-9-17(26)14-16(21)8-13-23(19,20)24/h10,16,18-19H,4-9,11-14H2,1-3H3/t16?,18?,19?,21-,22+,23?/m0/s1. The van der Waals surface area contributed by atoms with E-state index in [2.05, 4.69) is 42.5 Å². The van der Waals surface area contributed by atoms with Gasteiger partial charge in [-0.1, -0.05) is 60.9 Å². The molecule has 0 heterocycles. The Morgan fingerprint density at radius 1 is 1.15 bits per heavy atom. The van der Waals surface area contributed by atoms with E-state index in [4.69, 9.17) is 0 Å². The number of carbonyl (C=O) groups excluding carboxylic acids is 2. The number of carbonyl (C=O) groups is 2. The van der Waals surface area contributed by atoms with Gasteiger partial charge in [0.25, 0.3) is 0 Å². The predicted octanol–water partition coefficient (Wildman–Crippen LogP) is 6.06. The molecule has 3 saturated carbocycles. The number of rotatable bonds is 1. The minimum atomic E-state index is 0.112. The van der Waals surface area contributed by atoms with Gasteiger partial charge in [-0.2, -0.15) is 0 Å². The van der Waals surface area contributed by atoms with Crippen LogP contribution in [0.25, 0.3) is 0 Å². The number of Topliss-reactive ketones (excluding diaryl/α,β-unsaturated/α-hetero) is 2. The Labute approximate surface area is 172 Å². The van der Waals surface area contributed by atoms with E-state index in [0.717, 1.165) is 32.1 Å². The summed E-state index contributed by atoms with van der Waals surface area (Å²) in [4.78, 5) is 24.6. The zero-order valence-electron chi connectivity index (χ0n) is 16.6. The van der Waals surface area contributed by atoms with Gasteiger partial charge in [-0.25, -0.2) is 0 Å². The molecule has 0 aliphatic heterocycles. The van der Waals surface area contributed by atoms with E-state index >= 15 is 0 Å². The van der Waals surface area contributed by atoms with Crippen LogP contribution >= 0.6 is 22.6 Å². The van der Waals surface area contributed by atoms with Crippen LogP contribution in [0.3, 0.4) is 0 Å². The SMILES string of the molecule is CC(=O)C1CCCCC2C3(I)CCC4CC(=O)CC[C@]4(C)C3=CC[C@]12C. The third-order valence-electron chi connectivity index (χ3n) is 8.83. The van der Waals surface area contributed by atoms with Crippen molar-refractivity contribution in [1.29, 1.82) is 0 Å². The molecule has 26 heavy (non-hydrogen) atoms. The van der Waals surface area contributed by atoms with Crippen molar-refractivity contribution in [2.45, 2.75) is 88.4 Å². The quantitative estimate of drug-likeness (QED) is 0.266. The monoisotopic (exact) mass is 468 g/mol. The molecule has 0 aromatic heterocycles. The van der Waals surface area contributed by atoms with Crippen molar-refractivity contribution in [3.8, 4) is 0 Å². The van der Waals surface area contributed by atoms with Gasteiger partial charge in [-0.05, 0) is 68.1 Å². The summed E-state index contributed by atoms with van der Waals surface area (Å²) in [6, 6.07) is 0. The number of hydrogen-bond acceptors (Lipinski definition) is 2. The first-order valence-electron chi connectivity index (χ1n) is 10.6. The van der Waals surface area contributed by atoms with Gasteiger partial charge in [0.15, 0.2) is 0 Å². The fraction of sp³-hybridized carbons (Fsp3) is 0.826. The maximum atomic E-state index is 12.5. The smallest absolute Gasteiger partial charge is 0.133 e. The van der Waals surface area contributed by atoms with Crippen LogP contribution < -0.4 is 0 Å². The van der Waals surface area contributed by atoms with Crippen molar-refractivity contribution in [3.63, 3.8) is 0 Å². The van der Waals surface area contributed by atoms with Gasteiger partial charge in [-0.15, -0.1) is 0 Å². The third kappa shape index (κ3) is 2.62. The summed E-state index contributed by atoms with van der Waals surface area (Å²) < 4.78 is 0.189. The summed E-state index contributed by atoms with van der Waals surface area (Å²) in [6.07, 6.45) is 13.4. The van der Waals surface area contributed by atoms with Crippen molar-refractivity contribution in [2.75, 3.05) is 0 Å². The Morgan fingerprint density at radius 2 is 1.88 bits per heavy atom. The molecule has 0 radical (unpaired) electrons. The number of fused-ring (bicyclic) bond motifs is 5. The Balaban J connectivity index is 1.79. The molecule has 0 amide bonds. The van der Waals surface area contributed by atoms with E-state index < -0.39 is 0 Å². The van der Waals surface area contributed by atoms with E-state index in [1.807, 2.05) is 6.92 Å². The molecular formula is C23H33IO2. The second kappa shape index (κ2) is 6.42. The van der Waals surface area contributed by atoms with Crippen molar-refractivity contribution < 1.29 is 9.59 Å². The van der Waals surface area contributed by atoms with Crippen LogP contribution in [-0.4, -0.2) is 15.0 Å². The minimum absolute atomic E-state index is 0.112. The molecular weight excluding hydrogens is 435 g/mol. The largest absolute Gasteiger partial charge is 0.300 e. The summed E-state index contributed by atoms with van der Waals surface area (Å²) >= 11 is 2.80. The number of ketones is 2. The van der Waals surface area contributed by atoms with Crippen molar-refractivity contribution in [1.82, 2.24) is 0 Å². The molecule has 6 atom stereocenters. The Bertz CT molecular complexity index is 667. The highest BCUT2D eigenvalue weighted by atomic mass is 127. The summed E-state index contributed by atoms with van der Waals surface area (Å²) in [7, 11) is 0. The number of alkyl halides is 1. The maximum absolute atomic E-state index is 12.5. The van der Waals surface area contributed by atoms with E-state index in [9.17, 15) is 9.59 Å². The molecule has 144 valence electrons. The lowest BCUT2D eigenvalue weighted by Gasteiger charge is -2.61. The molecule has 0 saturated heterocycles. The molecule has 4 rings (SSSR count). The van der Waals surface area contributed by atoms with Gasteiger partial charge in [0.05, 0.1) is 0 Å². The number of hydrogen-bond donors (Lipinski definition) is 0. The summed E-state index contributed by atoms with van der Waals surface area (Å²) in [5.41, 5.74) is 1.97. The molecule has 0 aromatic rings. The van der Waals surface area contributed by atoms with Crippen LogP contribution in [-0.2, 0) is 9.59 Å². The number of halogens is 1. The molecule has 2 nitrogen and oxygen atoms in total. The molecule has 4 unspecified atom stereocenters. The molecule has 4 aliphatic rings. The Kier molecular flexibility index (Phi) is 4.73. The molecule has 0 bridgehead atoms. The molecule has 3 fully saturated rings. The summed E-state index contributed by atoms with van der Waals surface area (Å²) in [5, 5.41) is 0. The lowest BCUT2D eigenvalue weighted by atomic mass is 9.47. The van der Waals surface area contributed by atoms with E-state index in [1.165, 1.54) is 32.1 Å². The van der Waals surface area contributed by atoms with Gasteiger partial charge >= 0.3 is 0 Å². The topological polar surface area (TPSA) is 34.1 Å². The highest BCUT2D eigenvalue weighted by molar-refractivity contribution is 14.1. The van der Waals surface area contributed by atoms with Gasteiger partial charge < -0.3 is 0 Å². The lowest BCUT2D eigenvalue weighted by molar-refractivity contribution is -0.128. The van der Waals surface area contributed by atoms with Crippen molar-refractivity contribution in [3.05, 3.63) is 11.6 Å². The first-order chi connectivity index (χ1) is 12.2. The van der Waals surface area contributed by atoms with Crippen molar-refractivity contribution >= 4 is 34.2 Å². The predicted molar refractivity (Wildman–Crippen MR) is 113 cm³/mol. The highest BCUT2D eigenvalue weighted by Crippen LogP contribution is 2.68. The first-order valence-corrected chi connectivity index (χ1v) is 11.7. The average Bonchev–Trinajstić information content (AvgIpc) is 2.75. The summed E-state index contributed by atoms with van der Waals surface area (Å²) in [5.74, 6) is 2.23. The van der Waals surface area contributed by atoms with Crippen LogP contribution in [0.1, 0.15) is 85.0 Å². The zero-order valence-corrected chi connectivity index (χ0v) is 18.7. The van der Waals surface area contributed by atoms with Gasteiger partial charge in [0.2, 0.25) is 0 Å². The van der Waals surface area contributed by atoms with E-state index in [1.54, 1.807) is 5.57 Å². The second-order valence-corrected chi connectivity index (χ2v) is 12.0. The zero-order chi connectivity index (χ0) is 18.7. The molecule has 0 N–H and O–H groups in total. The molecule has 0 spiro atoms. The van der Waals surface area contributed by atoms with E-state index in [0.29, 0.717) is 23.4 Å². The average molecular weight is 468 g/mol. The van der Waals surface area contributed by atoms with Crippen LogP contribution in [0.2, 0.25) is 0 Å². The van der Waals surface area contributed by atoms with E-state index in [-0.39, 0.29) is 20.2 Å². The molecule has 0 aromatic carbocycles. The van der Waals surface area contributed by atoms with Gasteiger partial charge in [0, 0.05) is 22.2 Å². The van der Waals surface area contributed by atoms with Gasteiger partial charge in [0.1, 0.15) is 11.6 Å². The normalized spacial score (nSPS) is 48.5. The van der Waals surface area contributed by atoms with Gasteiger partial charge in [-0.3, -0.25) is 9.59 Å². The lowest BCUT2D eigenvalue weighted by Crippen LogP contribution is -2.57. The fourth-order valence-electron chi connectivity index (χ4n) is 7.36. The molecule has 3 heteroatoms. The second-order valence-electron chi connectivity index (χ2n) is 10.1. The maximum Gasteiger partial charge on any atom is 0.133 e. The Morgan fingerprint density at radius 3 is 2.62 bits per heavy atom. The van der Waals surface area contributed by atoms with Crippen LogP contribution in [0.15, 0.2) is 11.6 Å². The third-order valence-corrected chi connectivity index (χ3v) is 10.7. The Hall–Kier alpha value is -0.190. The van der Waals surface area contributed by atoms with Crippen LogP contribution in [0.5, 0.6) is 0 Å². The summed E-state index contributed by atoms with van der Waals surface area (Å²) in [6.45, 7) is 6.69. The van der Waals surface area contributed by atoms with Crippen LogP contribution in [0, 0.1) is 28.6 Å². The van der Waals surface area contributed by atoms with Crippen LogP contribution in [0.4, 0.5) is 0 Å². The number of allylic oxidation sites excluding steroid dienone is 2. The minimum Gasteiger partial charge on any atom is -0.300 e. The molecule has 4 aliphatic carbocycles. The highest BCUT2D eigenvalue weighted by Gasteiger charge is 2.61. The van der Waals surface area contributed by atoms with Crippen molar-refractivity contribution in [2.24, 2.45) is 28.6 Å².